The first-order valence-corrected chi connectivity index (χ1v) is 10.4. The third-order valence-corrected chi connectivity index (χ3v) is 5.82. The normalized spacial score (nSPS) is 15.7. The van der Waals surface area contributed by atoms with Crippen LogP contribution in [0, 0.1) is 20.8 Å². The van der Waals surface area contributed by atoms with E-state index in [0.29, 0.717) is 25.5 Å². The molecule has 0 aromatic heterocycles. The Balaban J connectivity index is 1.59. The maximum atomic E-state index is 12.4. The number of nitrogens with one attached hydrogen (secondary N) is 1. The second kappa shape index (κ2) is 10.1. The number of carbonyl (C=O) groups excluding carboxylic acids is 1. The summed E-state index contributed by atoms with van der Waals surface area (Å²) in [7, 11) is 0. The van der Waals surface area contributed by atoms with Crippen molar-refractivity contribution in [3.8, 4) is 5.75 Å². The van der Waals surface area contributed by atoms with E-state index in [1.165, 1.54) is 11.1 Å². The monoisotopic (exact) mass is 416 g/mol. The Morgan fingerprint density at radius 1 is 1.14 bits per heavy atom. The number of halogens is 1. The van der Waals surface area contributed by atoms with E-state index in [0.717, 1.165) is 29.2 Å². The Kier molecular flexibility index (Phi) is 7.53. The van der Waals surface area contributed by atoms with Crippen LogP contribution < -0.4 is 10.1 Å². The summed E-state index contributed by atoms with van der Waals surface area (Å²) >= 11 is 6.19. The topological polar surface area (TPSA) is 50.8 Å². The molecule has 1 fully saturated rings. The first kappa shape index (κ1) is 21.6. The molecule has 0 unspecified atom stereocenters. The van der Waals surface area contributed by atoms with Gasteiger partial charge in [-0.15, -0.1) is 0 Å². The quantitative estimate of drug-likeness (QED) is 0.745. The zero-order chi connectivity index (χ0) is 20.8. The number of morpholine rings is 1. The number of aryl methyl sites for hydroxylation is 3. The lowest BCUT2D eigenvalue weighted by Crippen LogP contribution is -2.44. The number of amides is 1. The van der Waals surface area contributed by atoms with Crippen molar-refractivity contribution < 1.29 is 14.3 Å². The summed E-state index contributed by atoms with van der Waals surface area (Å²) in [6.45, 7) is 9.58. The molecule has 0 saturated carbocycles. The van der Waals surface area contributed by atoms with Crippen LogP contribution in [0.25, 0.3) is 0 Å². The molecular weight excluding hydrogens is 388 g/mol. The van der Waals surface area contributed by atoms with Crippen LogP contribution in [0.3, 0.4) is 0 Å². The highest BCUT2D eigenvalue weighted by Crippen LogP contribution is 2.26. The molecule has 2 aromatic rings. The number of hydrogen-bond donors (Lipinski definition) is 1. The summed E-state index contributed by atoms with van der Waals surface area (Å²) in [6, 6.07) is 12.3. The zero-order valence-electron chi connectivity index (χ0n) is 17.3. The summed E-state index contributed by atoms with van der Waals surface area (Å²) < 4.78 is 11.2. The fraction of sp³-hybridized carbons (Fsp3) is 0.435. The maximum absolute atomic E-state index is 12.4. The first-order chi connectivity index (χ1) is 13.9. The van der Waals surface area contributed by atoms with Crippen molar-refractivity contribution >= 4 is 17.5 Å². The molecular formula is C23H29ClN2O3. The van der Waals surface area contributed by atoms with Crippen molar-refractivity contribution in [3.63, 3.8) is 0 Å². The third kappa shape index (κ3) is 5.95. The molecule has 5 nitrogen and oxygen atoms in total. The van der Waals surface area contributed by atoms with Gasteiger partial charge in [0.1, 0.15) is 5.75 Å². The van der Waals surface area contributed by atoms with Crippen LogP contribution in [-0.2, 0) is 9.53 Å². The summed E-state index contributed by atoms with van der Waals surface area (Å²) in [4.78, 5) is 14.8. The molecule has 1 atom stereocenters. The van der Waals surface area contributed by atoms with Crippen LogP contribution in [0.5, 0.6) is 5.75 Å². The predicted molar refractivity (Wildman–Crippen MR) is 116 cm³/mol. The second-order valence-corrected chi connectivity index (χ2v) is 7.92. The van der Waals surface area contributed by atoms with Gasteiger partial charge in [-0.2, -0.15) is 0 Å². The molecule has 1 aliphatic rings. The highest BCUT2D eigenvalue weighted by atomic mass is 35.5. The van der Waals surface area contributed by atoms with E-state index in [9.17, 15) is 4.79 Å². The summed E-state index contributed by atoms with van der Waals surface area (Å²) in [5.41, 5.74) is 4.30. The van der Waals surface area contributed by atoms with Gasteiger partial charge in [-0.3, -0.25) is 9.69 Å². The van der Waals surface area contributed by atoms with E-state index in [2.05, 4.69) is 41.4 Å². The van der Waals surface area contributed by atoms with E-state index in [-0.39, 0.29) is 18.6 Å². The predicted octanol–water partition coefficient (Wildman–Crippen LogP) is 3.83. The van der Waals surface area contributed by atoms with Gasteiger partial charge in [0.25, 0.3) is 5.91 Å². The van der Waals surface area contributed by atoms with E-state index in [1.807, 2.05) is 26.0 Å². The van der Waals surface area contributed by atoms with E-state index in [4.69, 9.17) is 21.1 Å². The van der Waals surface area contributed by atoms with Gasteiger partial charge in [0.2, 0.25) is 0 Å². The van der Waals surface area contributed by atoms with Crippen LogP contribution in [-0.4, -0.2) is 50.3 Å². The summed E-state index contributed by atoms with van der Waals surface area (Å²) in [5.74, 6) is 0.517. The SMILES string of the molecule is Cc1ccc([C@@H](CNC(=O)COc2cc(C)c(Cl)c(C)c2)N2CCOCC2)cc1. The smallest absolute Gasteiger partial charge is 0.258 e. The lowest BCUT2D eigenvalue weighted by molar-refractivity contribution is -0.123. The molecule has 1 N–H and O–H groups in total. The highest BCUT2D eigenvalue weighted by molar-refractivity contribution is 6.32. The molecule has 29 heavy (non-hydrogen) atoms. The molecule has 0 spiro atoms. The van der Waals surface area contributed by atoms with Crippen LogP contribution >= 0.6 is 11.6 Å². The molecule has 1 heterocycles. The Morgan fingerprint density at radius 3 is 2.38 bits per heavy atom. The van der Waals surface area contributed by atoms with E-state index in [1.54, 1.807) is 0 Å². The molecule has 1 aliphatic heterocycles. The molecule has 156 valence electrons. The van der Waals surface area contributed by atoms with Crippen molar-refractivity contribution in [2.45, 2.75) is 26.8 Å². The number of benzene rings is 2. The Morgan fingerprint density at radius 2 is 1.76 bits per heavy atom. The highest BCUT2D eigenvalue weighted by Gasteiger charge is 2.23. The van der Waals surface area contributed by atoms with Gasteiger partial charge in [0.15, 0.2) is 6.61 Å². The van der Waals surface area contributed by atoms with Crippen molar-refractivity contribution in [3.05, 3.63) is 63.7 Å². The number of nitrogens with zero attached hydrogens (tertiary/aromatic N) is 1. The molecule has 3 rings (SSSR count). The number of ether oxygens (including phenoxy) is 2. The van der Waals surface area contributed by atoms with Crippen molar-refractivity contribution in [1.29, 1.82) is 0 Å². The fourth-order valence-corrected chi connectivity index (χ4v) is 3.64. The molecule has 1 amide bonds. The van der Waals surface area contributed by atoms with Crippen molar-refractivity contribution in [1.82, 2.24) is 10.2 Å². The molecule has 2 aromatic carbocycles. The van der Waals surface area contributed by atoms with Gasteiger partial charge in [-0.05, 0) is 49.6 Å². The minimum absolute atomic E-state index is 0.0236. The Bertz CT molecular complexity index is 810. The first-order valence-electron chi connectivity index (χ1n) is 9.98. The molecule has 1 saturated heterocycles. The lowest BCUT2D eigenvalue weighted by atomic mass is 10.0. The minimum atomic E-state index is -0.138. The Hall–Kier alpha value is -2.08. The van der Waals surface area contributed by atoms with E-state index >= 15 is 0 Å². The summed E-state index contributed by atoms with van der Waals surface area (Å²) in [5, 5.41) is 3.76. The zero-order valence-corrected chi connectivity index (χ0v) is 18.1. The maximum Gasteiger partial charge on any atom is 0.258 e. The van der Waals surface area contributed by atoms with Gasteiger partial charge in [0.05, 0.1) is 19.3 Å². The minimum Gasteiger partial charge on any atom is -0.484 e. The van der Waals surface area contributed by atoms with Crippen molar-refractivity contribution in [2.24, 2.45) is 0 Å². The van der Waals surface area contributed by atoms with Gasteiger partial charge in [0, 0.05) is 24.7 Å². The fourth-order valence-electron chi connectivity index (χ4n) is 3.54. The average Bonchev–Trinajstić information content (AvgIpc) is 2.72. The van der Waals surface area contributed by atoms with Crippen LogP contribution in [0.15, 0.2) is 36.4 Å². The molecule has 6 heteroatoms. The number of carbonyl (C=O) groups is 1. The largest absolute Gasteiger partial charge is 0.484 e. The second-order valence-electron chi connectivity index (χ2n) is 7.54. The van der Waals surface area contributed by atoms with Gasteiger partial charge < -0.3 is 14.8 Å². The van der Waals surface area contributed by atoms with Gasteiger partial charge in [-0.1, -0.05) is 41.4 Å². The molecule has 0 bridgehead atoms. The van der Waals surface area contributed by atoms with Gasteiger partial charge in [-0.25, -0.2) is 0 Å². The average molecular weight is 417 g/mol. The number of rotatable bonds is 7. The van der Waals surface area contributed by atoms with Crippen LogP contribution in [0.2, 0.25) is 5.02 Å². The van der Waals surface area contributed by atoms with Crippen molar-refractivity contribution in [2.75, 3.05) is 39.5 Å². The lowest BCUT2D eigenvalue weighted by Gasteiger charge is -2.35. The van der Waals surface area contributed by atoms with E-state index < -0.39 is 0 Å². The van der Waals surface area contributed by atoms with Crippen LogP contribution in [0.4, 0.5) is 0 Å². The summed E-state index contributed by atoms with van der Waals surface area (Å²) in [6.07, 6.45) is 0. The third-order valence-electron chi connectivity index (χ3n) is 5.22. The Labute approximate surface area is 177 Å². The van der Waals surface area contributed by atoms with Gasteiger partial charge >= 0.3 is 0 Å². The molecule has 0 aliphatic carbocycles. The van der Waals surface area contributed by atoms with Crippen LogP contribution in [0.1, 0.15) is 28.3 Å². The number of hydrogen-bond acceptors (Lipinski definition) is 4. The molecule has 0 radical (unpaired) electrons. The standard InChI is InChI=1S/C23H29ClN2O3/c1-16-4-6-19(7-5-16)21(26-8-10-28-11-9-26)14-25-22(27)15-29-20-12-17(2)23(24)18(3)13-20/h4-7,12-13,21H,8-11,14-15H2,1-3H3,(H,25,27)/t21-/m1/s1.